The van der Waals surface area contributed by atoms with Crippen LogP contribution in [-0.4, -0.2) is 38.4 Å². The molecule has 1 aromatic carbocycles. The minimum atomic E-state index is -0.114. The Balaban J connectivity index is 1.54. The lowest BCUT2D eigenvalue weighted by Crippen LogP contribution is -2.28. The van der Waals surface area contributed by atoms with Gasteiger partial charge in [-0.25, -0.2) is 4.68 Å². The van der Waals surface area contributed by atoms with Gasteiger partial charge in [0, 0.05) is 43.8 Å². The molecule has 0 radical (unpaired) electrons. The summed E-state index contributed by atoms with van der Waals surface area (Å²) < 4.78 is 1.79. The zero-order valence-corrected chi connectivity index (χ0v) is 15.5. The molecule has 0 saturated carbocycles. The topological polar surface area (TPSA) is 71.0 Å². The van der Waals surface area contributed by atoms with E-state index in [-0.39, 0.29) is 11.7 Å². The molecule has 1 amide bonds. The Morgan fingerprint density at radius 2 is 2.04 bits per heavy atom. The van der Waals surface area contributed by atoms with Crippen molar-refractivity contribution < 1.29 is 9.59 Å². The number of aromatic amines is 1. The maximum atomic E-state index is 13.0. The minimum absolute atomic E-state index is 0.0703. The third-order valence-corrected chi connectivity index (χ3v) is 5.06. The predicted octanol–water partition coefficient (Wildman–Crippen LogP) is 3.30. The number of H-pyrrole nitrogens is 1. The first-order valence-electron chi connectivity index (χ1n) is 9.13. The van der Waals surface area contributed by atoms with Gasteiger partial charge in [-0.1, -0.05) is 12.1 Å². The van der Waals surface area contributed by atoms with E-state index in [2.05, 4.69) is 10.1 Å². The Morgan fingerprint density at radius 3 is 2.74 bits per heavy atom. The molecule has 6 nitrogen and oxygen atoms in total. The highest BCUT2D eigenvalue weighted by Crippen LogP contribution is 2.28. The van der Waals surface area contributed by atoms with E-state index in [1.807, 2.05) is 43.5 Å². The summed E-state index contributed by atoms with van der Waals surface area (Å²) in [5.74, 6) is -0.0441. The van der Waals surface area contributed by atoms with Gasteiger partial charge < -0.3 is 9.88 Å². The Hall–Kier alpha value is -3.15. The number of ketones is 1. The van der Waals surface area contributed by atoms with Gasteiger partial charge in [0.25, 0.3) is 5.91 Å². The molecular weight excluding hydrogens is 340 g/mol. The number of rotatable bonds is 4. The largest absolute Gasteiger partial charge is 0.361 e. The summed E-state index contributed by atoms with van der Waals surface area (Å²) in [5.41, 5.74) is 4.81. The Kier molecular flexibility index (Phi) is 4.39. The molecule has 0 bridgehead atoms. The number of amides is 1. The Bertz CT molecular complexity index is 984. The number of nitrogens with one attached hydrogen (secondary N) is 1. The summed E-state index contributed by atoms with van der Waals surface area (Å²) in [7, 11) is 1.77. The average Bonchev–Trinajstić information content (AvgIpc) is 3.30. The summed E-state index contributed by atoms with van der Waals surface area (Å²) in [4.78, 5) is 30.3. The van der Waals surface area contributed by atoms with Crippen LogP contribution in [0.5, 0.6) is 0 Å². The van der Waals surface area contributed by atoms with Crippen LogP contribution in [0.1, 0.15) is 50.5 Å². The third kappa shape index (κ3) is 3.18. The molecule has 138 valence electrons. The highest BCUT2D eigenvalue weighted by atomic mass is 16.2. The number of benzene rings is 1. The van der Waals surface area contributed by atoms with Crippen molar-refractivity contribution in [2.75, 3.05) is 7.05 Å². The second kappa shape index (κ2) is 6.87. The molecule has 27 heavy (non-hydrogen) atoms. The number of Topliss-reactive ketones (excluding diaryl/α,β-unsaturated/α-hetero) is 1. The lowest BCUT2D eigenvalue weighted by atomic mass is 9.92. The maximum absolute atomic E-state index is 13.0. The molecule has 3 aromatic rings. The van der Waals surface area contributed by atoms with Crippen molar-refractivity contribution in [2.24, 2.45) is 0 Å². The van der Waals surface area contributed by atoms with Crippen LogP contribution >= 0.6 is 0 Å². The first-order chi connectivity index (χ1) is 13.0. The van der Waals surface area contributed by atoms with Gasteiger partial charge in [0.1, 0.15) is 0 Å². The lowest BCUT2D eigenvalue weighted by Gasteiger charge is -2.19. The van der Waals surface area contributed by atoms with E-state index in [0.29, 0.717) is 24.1 Å². The van der Waals surface area contributed by atoms with Gasteiger partial charge in [-0.05, 0) is 43.5 Å². The van der Waals surface area contributed by atoms with Gasteiger partial charge in [-0.3, -0.25) is 9.59 Å². The van der Waals surface area contributed by atoms with Crippen LogP contribution < -0.4 is 0 Å². The molecule has 0 aliphatic heterocycles. The summed E-state index contributed by atoms with van der Waals surface area (Å²) in [6.45, 7) is 2.34. The zero-order valence-electron chi connectivity index (χ0n) is 15.5. The smallest absolute Gasteiger partial charge is 0.256 e. The number of fused-ring (bicyclic) bond motifs is 1. The number of hydrogen-bond donors (Lipinski definition) is 1. The van der Waals surface area contributed by atoms with Crippen LogP contribution in [0.15, 0.2) is 42.7 Å². The van der Waals surface area contributed by atoms with Crippen molar-refractivity contribution in [3.8, 4) is 5.69 Å². The monoisotopic (exact) mass is 362 g/mol. The second-order valence-electron chi connectivity index (χ2n) is 7.03. The molecular formula is C21H22N4O2. The molecule has 0 spiro atoms. The molecule has 0 atom stereocenters. The normalized spacial score (nSPS) is 13.5. The SMILES string of the molecule is Cc1[nH]c2c(c1C(=O)N(C)Cc1ccc(-n3cccn3)cc1)C(=O)CCC2. The van der Waals surface area contributed by atoms with E-state index in [4.69, 9.17) is 0 Å². The summed E-state index contributed by atoms with van der Waals surface area (Å²) in [5, 5.41) is 4.21. The van der Waals surface area contributed by atoms with Gasteiger partial charge in [-0.15, -0.1) is 0 Å². The fraction of sp³-hybridized carbons (Fsp3) is 0.286. The van der Waals surface area contributed by atoms with Crippen molar-refractivity contribution in [1.82, 2.24) is 19.7 Å². The van der Waals surface area contributed by atoms with Crippen molar-refractivity contribution in [2.45, 2.75) is 32.7 Å². The van der Waals surface area contributed by atoms with Gasteiger partial charge in [0.2, 0.25) is 0 Å². The number of carbonyl (C=O) groups excluding carboxylic acids is 2. The molecule has 2 aromatic heterocycles. The first-order valence-corrected chi connectivity index (χ1v) is 9.13. The van der Waals surface area contributed by atoms with Crippen LogP contribution in [0, 0.1) is 6.92 Å². The molecule has 1 aliphatic rings. The van der Waals surface area contributed by atoms with E-state index in [1.54, 1.807) is 22.8 Å². The Labute approximate surface area is 157 Å². The van der Waals surface area contributed by atoms with Crippen LogP contribution in [0.2, 0.25) is 0 Å². The van der Waals surface area contributed by atoms with Crippen molar-refractivity contribution >= 4 is 11.7 Å². The van der Waals surface area contributed by atoms with Crippen LogP contribution in [0.3, 0.4) is 0 Å². The minimum Gasteiger partial charge on any atom is -0.361 e. The molecule has 6 heteroatoms. The van der Waals surface area contributed by atoms with Crippen LogP contribution in [-0.2, 0) is 13.0 Å². The summed E-state index contributed by atoms with van der Waals surface area (Å²) in [6, 6.07) is 9.82. The molecule has 4 rings (SSSR count). The number of hydrogen-bond acceptors (Lipinski definition) is 3. The third-order valence-electron chi connectivity index (χ3n) is 5.06. The number of carbonyl (C=O) groups is 2. The van der Waals surface area contributed by atoms with E-state index in [1.165, 1.54) is 0 Å². The van der Waals surface area contributed by atoms with Crippen LogP contribution in [0.25, 0.3) is 5.69 Å². The van der Waals surface area contributed by atoms with E-state index in [9.17, 15) is 9.59 Å². The molecule has 2 heterocycles. The van der Waals surface area contributed by atoms with Gasteiger partial charge >= 0.3 is 0 Å². The number of aryl methyl sites for hydroxylation is 2. The second-order valence-corrected chi connectivity index (χ2v) is 7.03. The lowest BCUT2D eigenvalue weighted by molar-refractivity contribution is 0.0778. The molecule has 0 fully saturated rings. The molecule has 0 unspecified atom stereocenters. The Morgan fingerprint density at radius 1 is 1.26 bits per heavy atom. The van der Waals surface area contributed by atoms with Crippen molar-refractivity contribution in [3.05, 3.63) is 70.8 Å². The first kappa shape index (κ1) is 17.3. The highest BCUT2D eigenvalue weighted by molar-refractivity contribution is 6.10. The number of nitrogens with zero attached hydrogens (tertiary/aromatic N) is 3. The fourth-order valence-corrected chi connectivity index (χ4v) is 3.72. The standard InChI is InChI=1S/C21H22N4O2/c1-14-19(20-17(23-14)5-3-6-18(20)26)21(27)24(2)13-15-7-9-16(10-8-15)25-12-4-11-22-25/h4,7-12,23H,3,5-6,13H2,1-2H3. The molecule has 1 aliphatic carbocycles. The quantitative estimate of drug-likeness (QED) is 0.774. The summed E-state index contributed by atoms with van der Waals surface area (Å²) in [6.07, 6.45) is 5.82. The van der Waals surface area contributed by atoms with Gasteiger partial charge in [0.05, 0.1) is 16.8 Å². The number of aromatic nitrogens is 3. The highest BCUT2D eigenvalue weighted by Gasteiger charge is 2.29. The fourth-order valence-electron chi connectivity index (χ4n) is 3.72. The maximum Gasteiger partial charge on any atom is 0.256 e. The molecule has 1 N–H and O–H groups in total. The molecule has 0 saturated heterocycles. The van der Waals surface area contributed by atoms with E-state index < -0.39 is 0 Å². The van der Waals surface area contributed by atoms with Gasteiger partial charge in [-0.2, -0.15) is 5.10 Å². The summed E-state index contributed by atoms with van der Waals surface area (Å²) >= 11 is 0. The van der Waals surface area contributed by atoms with E-state index >= 15 is 0 Å². The predicted molar refractivity (Wildman–Crippen MR) is 102 cm³/mol. The van der Waals surface area contributed by atoms with Crippen molar-refractivity contribution in [1.29, 1.82) is 0 Å². The average molecular weight is 362 g/mol. The zero-order chi connectivity index (χ0) is 19.0. The van der Waals surface area contributed by atoms with Gasteiger partial charge in [0.15, 0.2) is 5.78 Å². The van der Waals surface area contributed by atoms with E-state index in [0.717, 1.165) is 35.5 Å². The van der Waals surface area contributed by atoms with Crippen LogP contribution in [0.4, 0.5) is 0 Å². The van der Waals surface area contributed by atoms with Crippen molar-refractivity contribution in [3.63, 3.8) is 0 Å².